The molecule has 2 rings (SSSR count). The van der Waals surface area contributed by atoms with Crippen LogP contribution in [0, 0.1) is 15.9 Å². The lowest BCUT2D eigenvalue weighted by Crippen LogP contribution is -1.90. The molecule has 0 aliphatic carbocycles. The van der Waals surface area contributed by atoms with E-state index in [4.69, 9.17) is 0 Å². The molecule has 0 amide bonds. The van der Waals surface area contributed by atoms with Crippen LogP contribution in [-0.4, -0.2) is 14.9 Å². The summed E-state index contributed by atoms with van der Waals surface area (Å²) in [7, 11) is 0. The van der Waals surface area contributed by atoms with Gasteiger partial charge in [-0.05, 0) is 6.07 Å². The second-order valence-electron chi connectivity index (χ2n) is 2.90. The third kappa shape index (κ3) is 2.37. The number of hydrogen-bond acceptors (Lipinski definition) is 4. The summed E-state index contributed by atoms with van der Waals surface area (Å²) in [4.78, 5) is 17.1. The summed E-state index contributed by atoms with van der Waals surface area (Å²) in [5.41, 5.74) is -0.269. The highest BCUT2D eigenvalue weighted by Gasteiger charge is 2.11. The standard InChI is InChI=1S/C9H6FN3O2S/c10-6-3-7(13(14)15)5-8(4-6)16-9-11-1-2-12-9/h1-5H,(H,11,12). The van der Waals surface area contributed by atoms with Gasteiger partial charge in [0.15, 0.2) is 5.16 Å². The number of hydrogen-bond donors (Lipinski definition) is 1. The minimum absolute atomic E-state index is 0.269. The fraction of sp³-hybridized carbons (Fsp3) is 0. The zero-order valence-corrected chi connectivity index (χ0v) is 8.70. The molecule has 1 heterocycles. The summed E-state index contributed by atoms with van der Waals surface area (Å²) in [5.74, 6) is -0.636. The second kappa shape index (κ2) is 4.31. The topological polar surface area (TPSA) is 71.8 Å². The van der Waals surface area contributed by atoms with Crippen molar-refractivity contribution in [2.45, 2.75) is 10.1 Å². The summed E-state index contributed by atoms with van der Waals surface area (Å²) < 4.78 is 13.1. The van der Waals surface area contributed by atoms with Crippen molar-refractivity contribution in [1.29, 1.82) is 0 Å². The summed E-state index contributed by atoms with van der Waals surface area (Å²) in [6.07, 6.45) is 3.17. The highest BCUT2D eigenvalue weighted by molar-refractivity contribution is 7.99. The maximum atomic E-state index is 13.1. The fourth-order valence-corrected chi connectivity index (χ4v) is 1.95. The number of H-pyrrole nitrogens is 1. The van der Waals surface area contributed by atoms with Crippen LogP contribution in [-0.2, 0) is 0 Å². The Hall–Kier alpha value is -1.89. The molecule has 0 unspecified atom stereocenters. The van der Waals surface area contributed by atoms with Gasteiger partial charge in [-0.1, -0.05) is 11.8 Å². The normalized spacial score (nSPS) is 10.3. The van der Waals surface area contributed by atoms with Crippen molar-refractivity contribution >= 4 is 17.4 Å². The summed E-state index contributed by atoms with van der Waals surface area (Å²) in [6.45, 7) is 0. The highest BCUT2D eigenvalue weighted by atomic mass is 32.2. The molecular weight excluding hydrogens is 233 g/mol. The van der Waals surface area contributed by atoms with Gasteiger partial charge in [-0.2, -0.15) is 0 Å². The van der Waals surface area contributed by atoms with Crippen molar-refractivity contribution in [3.8, 4) is 0 Å². The lowest BCUT2D eigenvalue weighted by molar-refractivity contribution is -0.385. The molecule has 0 atom stereocenters. The average molecular weight is 239 g/mol. The second-order valence-corrected chi connectivity index (χ2v) is 3.96. The largest absolute Gasteiger partial charge is 0.339 e. The Morgan fingerprint density at radius 3 is 2.88 bits per heavy atom. The Balaban J connectivity index is 2.31. The lowest BCUT2D eigenvalue weighted by atomic mass is 10.3. The number of benzene rings is 1. The molecule has 1 aromatic carbocycles. The van der Waals surface area contributed by atoms with Gasteiger partial charge in [0.2, 0.25) is 0 Å². The molecule has 7 heteroatoms. The number of nitro groups is 1. The first-order valence-corrected chi connectivity index (χ1v) is 5.09. The van der Waals surface area contributed by atoms with E-state index in [1.54, 1.807) is 12.4 Å². The van der Waals surface area contributed by atoms with Crippen LogP contribution < -0.4 is 0 Å². The Morgan fingerprint density at radius 2 is 2.25 bits per heavy atom. The average Bonchev–Trinajstić information content (AvgIpc) is 2.69. The first-order valence-electron chi connectivity index (χ1n) is 4.27. The van der Waals surface area contributed by atoms with Gasteiger partial charge in [0, 0.05) is 23.4 Å². The van der Waals surface area contributed by atoms with Crippen LogP contribution in [0.15, 0.2) is 40.6 Å². The molecule has 0 bridgehead atoms. The number of non-ortho nitro benzene ring substituents is 1. The van der Waals surface area contributed by atoms with Crippen LogP contribution in [0.5, 0.6) is 0 Å². The van der Waals surface area contributed by atoms with Crippen molar-refractivity contribution in [2.75, 3.05) is 0 Å². The van der Waals surface area contributed by atoms with Crippen LogP contribution in [0.25, 0.3) is 0 Å². The maximum absolute atomic E-state index is 13.1. The van der Waals surface area contributed by atoms with E-state index in [0.717, 1.165) is 17.8 Å². The molecule has 82 valence electrons. The number of halogens is 1. The van der Waals surface area contributed by atoms with E-state index in [2.05, 4.69) is 9.97 Å². The predicted octanol–water partition coefficient (Wildman–Crippen LogP) is 2.61. The molecule has 0 saturated carbocycles. The summed E-state index contributed by atoms with van der Waals surface area (Å²) >= 11 is 1.13. The van der Waals surface area contributed by atoms with Crippen molar-refractivity contribution in [3.63, 3.8) is 0 Å². The molecule has 16 heavy (non-hydrogen) atoms. The molecule has 0 spiro atoms. The van der Waals surface area contributed by atoms with Crippen LogP contribution in [0.2, 0.25) is 0 Å². The molecule has 1 aromatic heterocycles. The number of rotatable bonds is 3. The van der Waals surface area contributed by atoms with Gasteiger partial charge in [-0.3, -0.25) is 10.1 Å². The number of aromatic amines is 1. The third-order valence-electron chi connectivity index (χ3n) is 1.75. The quantitative estimate of drug-likeness (QED) is 0.660. The molecule has 0 fully saturated rings. The van der Waals surface area contributed by atoms with E-state index in [0.29, 0.717) is 10.1 Å². The number of nitro benzene ring substituents is 1. The smallest absolute Gasteiger partial charge is 0.273 e. The first kappa shape index (κ1) is 10.6. The molecule has 1 N–H and O–H groups in total. The van der Waals surface area contributed by atoms with Gasteiger partial charge in [0.25, 0.3) is 5.69 Å². The van der Waals surface area contributed by atoms with E-state index in [-0.39, 0.29) is 5.69 Å². The van der Waals surface area contributed by atoms with Gasteiger partial charge >= 0.3 is 0 Å². The van der Waals surface area contributed by atoms with Crippen LogP contribution >= 0.6 is 11.8 Å². The molecule has 0 aliphatic rings. The van der Waals surface area contributed by atoms with E-state index in [1.807, 2.05) is 0 Å². The van der Waals surface area contributed by atoms with Crippen molar-refractivity contribution in [1.82, 2.24) is 9.97 Å². The molecule has 5 nitrogen and oxygen atoms in total. The van der Waals surface area contributed by atoms with Gasteiger partial charge < -0.3 is 4.98 Å². The Kier molecular flexibility index (Phi) is 2.86. The van der Waals surface area contributed by atoms with Gasteiger partial charge in [-0.25, -0.2) is 9.37 Å². The summed E-state index contributed by atoms with van der Waals surface area (Å²) in [5, 5.41) is 11.1. The van der Waals surface area contributed by atoms with Crippen molar-refractivity contribution in [3.05, 3.63) is 46.5 Å². The molecule has 0 aliphatic heterocycles. The van der Waals surface area contributed by atoms with E-state index in [1.165, 1.54) is 12.1 Å². The van der Waals surface area contributed by atoms with Gasteiger partial charge in [0.05, 0.1) is 11.0 Å². The van der Waals surface area contributed by atoms with E-state index >= 15 is 0 Å². The highest BCUT2D eigenvalue weighted by Crippen LogP contribution is 2.28. The number of aromatic nitrogens is 2. The van der Waals surface area contributed by atoms with Crippen molar-refractivity contribution in [2.24, 2.45) is 0 Å². The minimum atomic E-state index is -0.636. The van der Waals surface area contributed by atoms with E-state index in [9.17, 15) is 14.5 Å². The Bertz CT molecular complexity index is 515. The first-order chi connectivity index (χ1) is 7.65. The Labute approximate surface area is 93.9 Å². The number of imidazole rings is 1. The number of nitrogens with one attached hydrogen (secondary N) is 1. The third-order valence-corrected chi connectivity index (χ3v) is 2.64. The SMILES string of the molecule is O=[N+]([O-])c1cc(F)cc(Sc2ncc[nH]2)c1. The number of nitrogens with zero attached hydrogens (tertiary/aromatic N) is 2. The monoisotopic (exact) mass is 239 g/mol. The molecular formula is C9H6FN3O2S. The predicted molar refractivity (Wildman–Crippen MR) is 55.8 cm³/mol. The summed E-state index contributed by atoms with van der Waals surface area (Å²) in [6, 6.07) is 3.41. The van der Waals surface area contributed by atoms with Crippen LogP contribution in [0.1, 0.15) is 0 Å². The Morgan fingerprint density at radius 1 is 1.44 bits per heavy atom. The molecule has 0 saturated heterocycles. The van der Waals surface area contributed by atoms with Crippen LogP contribution in [0.3, 0.4) is 0 Å². The zero-order chi connectivity index (χ0) is 11.5. The maximum Gasteiger partial charge on any atom is 0.273 e. The molecule has 2 aromatic rings. The fourth-order valence-electron chi connectivity index (χ4n) is 1.13. The van der Waals surface area contributed by atoms with Gasteiger partial charge in [-0.15, -0.1) is 0 Å². The minimum Gasteiger partial charge on any atom is -0.339 e. The van der Waals surface area contributed by atoms with Crippen molar-refractivity contribution < 1.29 is 9.31 Å². The van der Waals surface area contributed by atoms with Gasteiger partial charge in [0.1, 0.15) is 5.82 Å². The van der Waals surface area contributed by atoms with Crippen LogP contribution in [0.4, 0.5) is 10.1 Å². The lowest BCUT2D eigenvalue weighted by Gasteiger charge is -1.98. The molecule has 0 radical (unpaired) electrons. The zero-order valence-electron chi connectivity index (χ0n) is 7.88. The van der Waals surface area contributed by atoms with E-state index < -0.39 is 10.7 Å².